The summed E-state index contributed by atoms with van der Waals surface area (Å²) in [6, 6.07) is 2.15. The molecule has 2 nitrogen and oxygen atoms in total. The fraction of sp³-hybridized carbons (Fsp3) is 0.727. The molecule has 0 radical (unpaired) electrons. The largest absolute Gasteiger partial charge is 0.389 e. The molecule has 0 aromatic carbocycles. The van der Waals surface area contributed by atoms with Crippen molar-refractivity contribution in [2.24, 2.45) is 5.92 Å². The first-order valence-electron chi connectivity index (χ1n) is 5.06. The van der Waals surface area contributed by atoms with E-state index in [4.69, 9.17) is 5.26 Å². The van der Waals surface area contributed by atoms with Crippen LogP contribution in [0.1, 0.15) is 38.5 Å². The lowest BCUT2D eigenvalue weighted by Gasteiger charge is -2.07. The van der Waals surface area contributed by atoms with Crippen LogP contribution in [0.5, 0.6) is 0 Å². The van der Waals surface area contributed by atoms with E-state index in [1.54, 1.807) is 0 Å². The average molecular weight is 179 g/mol. The van der Waals surface area contributed by atoms with Crippen molar-refractivity contribution in [1.82, 2.24) is 0 Å². The molecule has 2 heteroatoms. The molecule has 0 amide bonds. The number of allylic oxidation sites excluding steroid dienone is 1. The molecule has 0 heterocycles. The summed E-state index contributed by atoms with van der Waals surface area (Å²) in [6.45, 7) is 0. The quantitative estimate of drug-likeness (QED) is 0.520. The van der Waals surface area contributed by atoms with Crippen LogP contribution in [0.25, 0.3) is 0 Å². The summed E-state index contributed by atoms with van der Waals surface area (Å²) >= 11 is 0. The molecule has 0 saturated carbocycles. The fourth-order valence-electron chi connectivity index (χ4n) is 1.75. The van der Waals surface area contributed by atoms with E-state index in [1.165, 1.54) is 12.8 Å². The number of aliphatic hydroxyl groups excluding tert-OH is 1. The van der Waals surface area contributed by atoms with E-state index in [0.717, 1.165) is 19.3 Å². The van der Waals surface area contributed by atoms with Gasteiger partial charge in [-0.2, -0.15) is 5.26 Å². The number of unbranched alkanes of at least 4 members (excludes halogenated alkanes) is 3. The van der Waals surface area contributed by atoms with E-state index in [-0.39, 0.29) is 6.10 Å². The lowest BCUT2D eigenvalue weighted by molar-refractivity contribution is 0.207. The molecule has 0 fully saturated rings. The third-order valence-corrected chi connectivity index (χ3v) is 2.51. The second kappa shape index (κ2) is 5.77. The van der Waals surface area contributed by atoms with E-state index in [0.29, 0.717) is 12.3 Å². The Morgan fingerprint density at radius 3 is 2.77 bits per heavy atom. The van der Waals surface area contributed by atoms with Crippen LogP contribution in [0.2, 0.25) is 0 Å². The summed E-state index contributed by atoms with van der Waals surface area (Å²) < 4.78 is 0. The highest BCUT2D eigenvalue weighted by atomic mass is 16.3. The van der Waals surface area contributed by atoms with Gasteiger partial charge in [-0.1, -0.05) is 25.0 Å². The maximum atomic E-state index is 9.21. The summed E-state index contributed by atoms with van der Waals surface area (Å²) in [5.41, 5.74) is 0. The monoisotopic (exact) mass is 179 g/mol. The highest BCUT2D eigenvalue weighted by Crippen LogP contribution is 2.23. The van der Waals surface area contributed by atoms with Gasteiger partial charge in [-0.3, -0.25) is 0 Å². The molecule has 0 aromatic rings. The molecule has 1 aliphatic rings. The van der Waals surface area contributed by atoms with Crippen molar-refractivity contribution in [1.29, 1.82) is 5.26 Å². The van der Waals surface area contributed by atoms with Crippen LogP contribution in [0.15, 0.2) is 12.2 Å². The predicted octanol–water partition coefficient (Wildman–Crippen LogP) is 2.40. The second-order valence-corrected chi connectivity index (χ2v) is 3.71. The summed E-state index contributed by atoms with van der Waals surface area (Å²) in [5.74, 6) is 0.581. The first-order chi connectivity index (χ1) is 6.33. The average Bonchev–Trinajstić information content (AvgIpc) is 2.51. The van der Waals surface area contributed by atoms with Crippen LogP contribution < -0.4 is 0 Å². The van der Waals surface area contributed by atoms with E-state index in [1.807, 2.05) is 6.08 Å². The summed E-state index contributed by atoms with van der Waals surface area (Å²) in [7, 11) is 0. The standard InChI is InChI=1S/C11H17NO/c12-8-4-2-1-3-5-10-6-7-11(13)9-10/h6-7,10-11,13H,1-5,9H2/t10-,11-/m1/s1. The Bertz CT molecular complexity index is 205. The number of rotatable bonds is 5. The van der Waals surface area contributed by atoms with Crippen molar-refractivity contribution in [3.63, 3.8) is 0 Å². The minimum absolute atomic E-state index is 0.205. The first kappa shape index (κ1) is 10.3. The molecule has 1 rings (SSSR count). The van der Waals surface area contributed by atoms with Crippen molar-refractivity contribution in [2.45, 2.75) is 44.6 Å². The van der Waals surface area contributed by atoms with Gasteiger partial charge in [-0.15, -0.1) is 0 Å². The fourth-order valence-corrected chi connectivity index (χ4v) is 1.75. The molecule has 1 aliphatic carbocycles. The van der Waals surface area contributed by atoms with Crippen molar-refractivity contribution in [3.8, 4) is 6.07 Å². The highest BCUT2D eigenvalue weighted by molar-refractivity contribution is 5.02. The maximum Gasteiger partial charge on any atom is 0.0726 e. The van der Waals surface area contributed by atoms with Gasteiger partial charge in [-0.05, 0) is 25.2 Å². The Labute approximate surface area is 79.9 Å². The number of hydrogen-bond acceptors (Lipinski definition) is 2. The molecule has 72 valence electrons. The molecular weight excluding hydrogens is 162 g/mol. The van der Waals surface area contributed by atoms with Crippen molar-refractivity contribution in [3.05, 3.63) is 12.2 Å². The lowest BCUT2D eigenvalue weighted by Crippen LogP contribution is -2.01. The zero-order chi connectivity index (χ0) is 9.52. The minimum atomic E-state index is -0.205. The molecule has 0 saturated heterocycles. The van der Waals surface area contributed by atoms with Crippen LogP contribution in [-0.2, 0) is 0 Å². The van der Waals surface area contributed by atoms with Gasteiger partial charge in [0.1, 0.15) is 0 Å². The van der Waals surface area contributed by atoms with Crippen molar-refractivity contribution >= 4 is 0 Å². The molecule has 0 bridgehead atoms. The molecule has 1 N–H and O–H groups in total. The van der Waals surface area contributed by atoms with Gasteiger partial charge in [0.15, 0.2) is 0 Å². The van der Waals surface area contributed by atoms with Crippen LogP contribution in [0.3, 0.4) is 0 Å². The molecule has 0 aliphatic heterocycles. The van der Waals surface area contributed by atoms with E-state index in [9.17, 15) is 5.11 Å². The van der Waals surface area contributed by atoms with Crippen LogP contribution in [0.4, 0.5) is 0 Å². The van der Waals surface area contributed by atoms with E-state index < -0.39 is 0 Å². The van der Waals surface area contributed by atoms with E-state index in [2.05, 4.69) is 12.1 Å². The molecule has 0 unspecified atom stereocenters. The summed E-state index contributed by atoms with van der Waals surface area (Å²) in [4.78, 5) is 0. The van der Waals surface area contributed by atoms with Gasteiger partial charge < -0.3 is 5.11 Å². The van der Waals surface area contributed by atoms with Gasteiger partial charge in [0.05, 0.1) is 12.2 Å². The Balaban J connectivity index is 1.95. The van der Waals surface area contributed by atoms with Gasteiger partial charge in [0, 0.05) is 6.42 Å². The number of nitriles is 1. The first-order valence-corrected chi connectivity index (χ1v) is 5.06. The second-order valence-electron chi connectivity index (χ2n) is 3.71. The topological polar surface area (TPSA) is 44.0 Å². The number of aliphatic hydroxyl groups is 1. The van der Waals surface area contributed by atoms with Crippen molar-refractivity contribution in [2.75, 3.05) is 0 Å². The SMILES string of the molecule is N#CCCCCC[C@@H]1C=C[C@@H](O)C1. The number of hydrogen-bond donors (Lipinski definition) is 1. The zero-order valence-electron chi connectivity index (χ0n) is 7.95. The minimum Gasteiger partial charge on any atom is -0.389 e. The molecule has 0 aromatic heterocycles. The Morgan fingerprint density at radius 2 is 2.15 bits per heavy atom. The number of nitrogens with zero attached hydrogens (tertiary/aromatic N) is 1. The molecule has 0 spiro atoms. The van der Waals surface area contributed by atoms with Gasteiger partial charge in [-0.25, -0.2) is 0 Å². The lowest BCUT2D eigenvalue weighted by atomic mass is 10.00. The van der Waals surface area contributed by atoms with Gasteiger partial charge in [0.25, 0.3) is 0 Å². The smallest absolute Gasteiger partial charge is 0.0726 e. The highest BCUT2D eigenvalue weighted by Gasteiger charge is 2.15. The summed E-state index contributed by atoms with van der Waals surface area (Å²) in [6.07, 6.45) is 9.91. The Hall–Kier alpha value is -0.810. The Morgan fingerprint density at radius 1 is 1.31 bits per heavy atom. The maximum absolute atomic E-state index is 9.21. The Kier molecular flexibility index (Phi) is 4.56. The molecular formula is C11H17NO. The van der Waals surface area contributed by atoms with Crippen LogP contribution >= 0.6 is 0 Å². The summed E-state index contributed by atoms with van der Waals surface area (Å²) in [5, 5.41) is 17.5. The predicted molar refractivity (Wildman–Crippen MR) is 52.0 cm³/mol. The normalized spacial score (nSPS) is 26.2. The van der Waals surface area contributed by atoms with E-state index >= 15 is 0 Å². The zero-order valence-corrected chi connectivity index (χ0v) is 7.95. The molecule has 13 heavy (non-hydrogen) atoms. The third kappa shape index (κ3) is 4.10. The van der Waals surface area contributed by atoms with Crippen LogP contribution in [0, 0.1) is 17.2 Å². The van der Waals surface area contributed by atoms with Crippen molar-refractivity contribution < 1.29 is 5.11 Å². The van der Waals surface area contributed by atoms with Crippen LogP contribution in [-0.4, -0.2) is 11.2 Å². The van der Waals surface area contributed by atoms with Gasteiger partial charge in [0.2, 0.25) is 0 Å². The third-order valence-electron chi connectivity index (χ3n) is 2.51. The molecule has 2 atom stereocenters. The van der Waals surface area contributed by atoms with Gasteiger partial charge >= 0.3 is 0 Å².